The quantitative estimate of drug-likeness (QED) is 0.481. The zero-order chi connectivity index (χ0) is 18.0. The average Bonchev–Trinajstić information content (AvgIpc) is 2.83. The van der Waals surface area contributed by atoms with Gasteiger partial charge in [-0.3, -0.25) is 24.0 Å². The summed E-state index contributed by atoms with van der Waals surface area (Å²) >= 11 is 0. The molecular weight excluding hydrogens is 322 g/mol. The minimum Gasteiger partial charge on any atom is -0.396 e. The van der Waals surface area contributed by atoms with Crippen molar-refractivity contribution in [2.45, 2.75) is 31.7 Å². The van der Waals surface area contributed by atoms with Crippen molar-refractivity contribution in [3.8, 4) is 11.8 Å². The van der Waals surface area contributed by atoms with Crippen molar-refractivity contribution in [1.29, 1.82) is 0 Å². The Bertz CT molecular complexity index is 958. The number of unbranched alkanes of at least 4 members (excludes halogenated alkanes) is 1. The smallest absolute Gasteiger partial charge is 0.329 e. The van der Waals surface area contributed by atoms with Crippen LogP contribution in [0.5, 0.6) is 0 Å². The fourth-order valence-corrected chi connectivity index (χ4v) is 3.00. The second-order valence-electron chi connectivity index (χ2n) is 6.01. The summed E-state index contributed by atoms with van der Waals surface area (Å²) in [5.74, 6) is 5.23. The Morgan fingerprint density at radius 3 is 2.80 bits per heavy atom. The highest BCUT2D eigenvalue weighted by Gasteiger charge is 2.31. The number of imide groups is 1. The maximum absolute atomic E-state index is 12.6. The Labute approximate surface area is 144 Å². The van der Waals surface area contributed by atoms with E-state index in [9.17, 15) is 14.4 Å². The van der Waals surface area contributed by atoms with E-state index in [0.717, 1.165) is 5.56 Å². The maximum Gasteiger partial charge on any atom is 0.329 e. The molecule has 0 saturated carbocycles. The lowest BCUT2D eigenvalue weighted by Gasteiger charge is -2.21. The van der Waals surface area contributed by atoms with E-state index in [2.05, 4.69) is 17.2 Å². The molecule has 2 N–H and O–H groups in total. The minimum absolute atomic E-state index is 0.108. The third-order valence-corrected chi connectivity index (χ3v) is 4.30. The van der Waals surface area contributed by atoms with E-state index < -0.39 is 11.9 Å². The molecule has 2 heterocycles. The summed E-state index contributed by atoms with van der Waals surface area (Å²) in [6.07, 6.45) is 1.75. The van der Waals surface area contributed by atoms with Gasteiger partial charge in [0.2, 0.25) is 11.8 Å². The molecule has 1 aliphatic heterocycles. The Morgan fingerprint density at radius 2 is 2.08 bits per heavy atom. The molecule has 0 spiro atoms. The number of carbonyl (C=O) groups excluding carboxylic acids is 2. The first-order chi connectivity index (χ1) is 12.0. The Morgan fingerprint density at radius 1 is 1.28 bits per heavy atom. The third-order valence-electron chi connectivity index (χ3n) is 4.30. The molecule has 1 saturated heterocycles. The Balaban J connectivity index is 2.02. The van der Waals surface area contributed by atoms with Gasteiger partial charge in [-0.05, 0) is 31.0 Å². The lowest BCUT2D eigenvalue weighted by molar-refractivity contribution is -0.135. The van der Waals surface area contributed by atoms with Crippen LogP contribution in [0.15, 0.2) is 23.0 Å². The highest BCUT2D eigenvalue weighted by Crippen LogP contribution is 2.23. The molecule has 1 fully saturated rings. The Kier molecular flexibility index (Phi) is 4.72. The van der Waals surface area contributed by atoms with Gasteiger partial charge in [0.15, 0.2) is 0 Å². The highest BCUT2D eigenvalue weighted by atomic mass is 16.3. The van der Waals surface area contributed by atoms with Gasteiger partial charge in [-0.1, -0.05) is 11.8 Å². The molecule has 0 aliphatic carbocycles. The predicted molar refractivity (Wildman–Crippen MR) is 91.8 cm³/mol. The van der Waals surface area contributed by atoms with Crippen LogP contribution in [0, 0.1) is 11.8 Å². The van der Waals surface area contributed by atoms with E-state index in [1.807, 2.05) is 6.07 Å². The van der Waals surface area contributed by atoms with Crippen LogP contribution >= 0.6 is 0 Å². The van der Waals surface area contributed by atoms with E-state index in [1.165, 1.54) is 9.13 Å². The van der Waals surface area contributed by atoms with Crippen molar-refractivity contribution in [2.75, 3.05) is 6.61 Å². The van der Waals surface area contributed by atoms with Gasteiger partial charge in [0.1, 0.15) is 6.04 Å². The van der Waals surface area contributed by atoms with Gasteiger partial charge in [0.25, 0.3) is 0 Å². The standard InChI is InChI=1S/C18H19N3O4/c1-20-15-11-12(5-3-2-4-10-22)6-7-13(15)21(18(20)25)14-8-9-16(23)19-17(14)24/h6-7,11,14,22H,2,4,8-10H2,1H3,(H,19,23,24). The van der Waals surface area contributed by atoms with Crippen LogP contribution in [-0.4, -0.2) is 32.7 Å². The monoisotopic (exact) mass is 341 g/mol. The molecule has 25 heavy (non-hydrogen) atoms. The topological polar surface area (TPSA) is 93.3 Å². The molecule has 2 amide bonds. The van der Waals surface area contributed by atoms with Crippen LogP contribution in [0.4, 0.5) is 0 Å². The van der Waals surface area contributed by atoms with Gasteiger partial charge < -0.3 is 5.11 Å². The van der Waals surface area contributed by atoms with E-state index >= 15 is 0 Å². The number of aliphatic hydroxyl groups excluding tert-OH is 1. The summed E-state index contributed by atoms with van der Waals surface area (Å²) in [5.41, 5.74) is 1.79. The summed E-state index contributed by atoms with van der Waals surface area (Å²) in [6, 6.07) is 4.70. The van der Waals surface area contributed by atoms with Crippen molar-refractivity contribution >= 4 is 22.8 Å². The number of benzene rings is 1. The van der Waals surface area contributed by atoms with Crippen LogP contribution in [0.1, 0.15) is 37.3 Å². The molecule has 1 aliphatic rings. The second-order valence-corrected chi connectivity index (χ2v) is 6.01. The van der Waals surface area contributed by atoms with Gasteiger partial charge in [-0.2, -0.15) is 0 Å². The molecule has 1 aromatic heterocycles. The zero-order valence-corrected chi connectivity index (χ0v) is 13.9. The summed E-state index contributed by atoms with van der Waals surface area (Å²) < 4.78 is 2.93. The van der Waals surface area contributed by atoms with Crippen molar-refractivity contribution in [1.82, 2.24) is 14.5 Å². The molecule has 7 heteroatoms. The van der Waals surface area contributed by atoms with Crippen molar-refractivity contribution in [3.05, 3.63) is 34.2 Å². The number of aromatic nitrogens is 2. The number of amides is 2. The number of rotatable bonds is 3. The number of aryl methyl sites for hydroxylation is 1. The number of hydrogen-bond donors (Lipinski definition) is 2. The highest BCUT2D eigenvalue weighted by molar-refractivity contribution is 6.00. The van der Waals surface area contributed by atoms with Gasteiger partial charge in [-0.25, -0.2) is 4.79 Å². The number of nitrogens with one attached hydrogen (secondary N) is 1. The molecule has 1 atom stereocenters. The van der Waals surface area contributed by atoms with E-state index in [4.69, 9.17) is 5.11 Å². The molecule has 7 nitrogen and oxygen atoms in total. The normalized spacial score (nSPS) is 17.3. The van der Waals surface area contributed by atoms with Gasteiger partial charge in [0, 0.05) is 32.1 Å². The van der Waals surface area contributed by atoms with Gasteiger partial charge >= 0.3 is 5.69 Å². The molecule has 0 radical (unpaired) electrons. The largest absolute Gasteiger partial charge is 0.396 e. The molecular formula is C18H19N3O4. The first kappa shape index (κ1) is 17.0. The molecule has 1 aromatic carbocycles. The number of nitrogens with zero attached hydrogens (tertiary/aromatic N) is 2. The van der Waals surface area contributed by atoms with Crippen LogP contribution in [-0.2, 0) is 16.6 Å². The lowest BCUT2D eigenvalue weighted by Crippen LogP contribution is -2.44. The summed E-state index contributed by atoms with van der Waals surface area (Å²) in [4.78, 5) is 36.1. The summed E-state index contributed by atoms with van der Waals surface area (Å²) in [6.45, 7) is 0.108. The van der Waals surface area contributed by atoms with Crippen LogP contribution in [0.3, 0.4) is 0 Å². The van der Waals surface area contributed by atoms with E-state index in [0.29, 0.717) is 30.3 Å². The first-order valence-corrected chi connectivity index (χ1v) is 8.17. The van der Waals surface area contributed by atoms with E-state index in [-0.39, 0.29) is 24.6 Å². The van der Waals surface area contributed by atoms with E-state index in [1.54, 1.807) is 19.2 Å². The molecule has 130 valence electrons. The predicted octanol–water partition coefficient (Wildman–Crippen LogP) is 0.442. The first-order valence-electron chi connectivity index (χ1n) is 8.17. The van der Waals surface area contributed by atoms with Crippen LogP contribution in [0.25, 0.3) is 11.0 Å². The SMILES string of the molecule is Cn1c(=O)n(C2CCC(=O)NC2=O)c2ccc(C#CCCCO)cc21. The fraction of sp³-hybridized carbons (Fsp3) is 0.389. The molecule has 2 aromatic rings. The summed E-state index contributed by atoms with van der Waals surface area (Å²) in [5, 5.41) is 11.1. The van der Waals surface area contributed by atoms with Gasteiger partial charge in [-0.15, -0.1) is 0 Å². The number of piperidine rings is 1. The van der Waals surface area contributed by atoms with Crippen LogP contribution < -0.4 is 11.0 Å². The minimum atomic E-state index is -0.685. The molecule has 1 unspecified atom stereocenters. The number of hydrogen-bond acceptors (Lipinski definition) is 4. The van der Waals surface area contributed by atoms with Gasteiger partial charge in [0.05, 0.1) is 11.0 Å². The Hall–Kier alpha value is -2.85. The fourth-order valence-electron chi connectivity index (χ4n) is 3.00. The third kappa shape index (κ3) is 3.21. The summed E-state index contributed by atoms with van der Waals surface area (Å²) in [7, 11) is 1.65. The number of carbonyl (C=O) groups is 2. The maximum atomic E-state index is 12.6. The molecule has 3 rings (SSSR count). The average molecular weight is 341 g/mol. The van der Waals surface area contributed by atoms with Crippen molar-refractivity contribution in [3.63, 3.8) is 0 Å². The second kappa shape index (κ2) is 6.95. The number of aliphatic hydroxyl groups is 1. The number of fused-ring (bicyclic) bond motifs is 1. The lowest BCUT2D eigenvalue weighted by atomic mass is 10.1. The van der Waals surface area contributed by atoms with Crippen molar-refractivity contribution < 1.29 is 14.7 Å². The van der Waals surface area contributed by atoms with Crippen LogP contribution in [0.2, 0.25) is 0 Å². The number of imidazole rings is 1. The van der Waals surface area contributed by atoms with Crippen molar-refractivity contribution in [2.24, 2.45) is 7.05 Å². The zero-order valence-electron chi connectivity index (χ0n) is 13.9. The molecule has 0 bridgehead atoms.